The summed E-state index contributed by atoms with van der Waals surface area (Å²) >= 11 is 1.86. The van der Waals surface area contributed by atoms with Gasteiger partial charge in [0.2, 0.25) is 0 Å². The Morgan fingerprint density at radius 3 is 2.95 bits per heavy atom. The lowest BCUT2D eigenvalue weighted by molar-refractivity contribution is 0.428. The molecule has 0 saturated heterocycles. The Morgan fingerprint density at radius 2 is 2.15 bits per heavy atom. The van der Waals surface area contributed by atoms with Crippen LogP contribution in [0.3, 0.4) is 0 Å². The van der Waals surface area contributed by atoms with Crippen molar-refractivity contribution in [2.75, 3.05) is 5.32 Å². The second-order valence-electron chi connectivity index (χ2n) is 5.66. The number of benzene rings is 1. The van der Waals surface area contributed by atoms with Gasteiger partial charge >= 0.3 is 0 Å². The maximum absolute atomic E-state index is 13.5. The molecule has 0 saturated carbocycles. The van der Waals surface area contributed by atoms with E-state index < -0.39 is 0 Å². The number of allylic oxidation sites excluding steroid dienone is 2. The minimum atomic E-state index is -0.144. The molecule has 0 spiro atoms. The van der Waals surface area contributed by atoms with E-state index >= 15 is 0 Å². The summed E-state index contributed by atoms with van der Waals surface area (Å²) in [5, 5.41) is 3.63. The van der Waals surface area contributed by atoms with E-state index in [0.717, 1.165) is 17.7 Å². The Hall–Kier alpha value is -1.61. The van der Waals surface area contributed by atoms with Crippen molar-refractivity contribution in [1.82, 2.24) is 0 Å². The van der Waals surface area contributed by atoms with Crippen LogP contribution < -0.4 is 5.32 Å². The number of nitrogens with one attached hydrogen (secondary N) is 1. The van der Waals surface area contributed by atoms with Gasteiger partial charge in [-0.2, -0.15) is 0 Å². The van der Waals surface area contributed by atoms with Gasteiger partial charge in [0, 0.05) is 21.4 Å². The highest BCUT2D eigenvalue weighted by Crippen LogP contribution is 2.50. The van der Waals surface area contributed by atoms with Crippen LogP contribution >= 0.6 is 11.3 Å². The van der Waals surface area contributed by atoms with Gasteiger partial charge in [0.15, 0.2) is 0 Å². The molecule has 1 N–H and O–H groups in total. The highest BCUT2D eigenvalue weighted by Gasteiger charge is 2.38. The smallest absolute Gasteiger partial charge is 0.123 e. The highest BCUT2D eigenvalue weighted by molar-refractivity contribution is 7.12. The zero-order valence-electron chi connectivity index (χ0n) is 11.3. The first-order valence-electron chi connectivity index (χ1n) is 7.01. The molecule has 2 aromatic rings. The third kappa shape index (κ3) is 1.80. The second-order valence-corrected chi connectivity index (χ2v) is 6.97. The van der Waals surface area contributed by atoms with Crippen LogP contribution in [-0.4, -0.2) is 0 Å². The molecule has 1 aromatic carbocycles. The van der Waals surface area contributed by atoms with E-state index in [9.17, 15) is 4.39 Å². The van der Waals surface area contributed by atoms with Crippen LogP contribution in [0.15, 0.2) is 42.5 Å². The fraction of sp³-hybridized carbons (Fsp3) is 0.294. The fourth-order valence-electron chi connectivity index (χ4n) is 3.47. The molecule has 1 nitrogen and oxygen atoms in total. The number of thiophene rings is 1. The van der Waals surface area contributed by atoms with Crippen molar-refractivity contribution in [2.24, 2.45) is 5.92 Å². The summed E-state index contributed by atoms with van der Waals surface area (Å²) in [6.07, 6.45) is 5.55. The molecule has 4 rings (SSSR count). The quantitative estimate of drug-likeness (QED) is 0.725. The van der Waals surface area contributed by atoms with Gasteiger partial charge in [-0.1, -0.05) is 12.2 Å². The Bertz CT molecular complexity index is 688. The lowest BCUT2D eigenvalue weighted by Crippen LogP contribution is -2.28. The molecule has 2 aliphatic rings. The van der Waals surface area contributed by atoms with Crippen LogP contribution in [0.2, 0.25) is 0 Å². The van der Waals surface area contributed by atoms with Gasteiger partial charge in [0.25, 0.3) is 0 Å². The average Bonchev–Trinajstić information content (AvgIpc) is 3.07. The number of fused-ring (bicyclic) bond motifs is 3. The number of anilines is 1. The highest BCUT2D eigenvalue weighted by atomic mass is 32.1. The first kappa shape index (κ1) is 12.2. The Balaban J connectivity index is 1.80. The van der Waals surface area contributed by atoms with Crippen LogP contribution in [0.1, 0.15) is 33.7 Å². The van der Waals surface area contributed by atoms with Gasteiger partial charge < -0.3 is 5.32 Å². The molecular weight excluding hydrogens is 269 g/mol. The zero-order valence-corrected chi connectivity index (χ0v) is 12.1. The molecule has 1 aliphatic heterocycles. The molecule has 3 heteroatoms. The number of hydrogen-bond acceptors (Lipinski definition) is 2. The second kappa shape index (κ2) is 4.45. The Morgan fingerprint density at radius 1 is 1.25 bits per heavy atom. The van der Waals surface area contributed by atoms with E-state index in [0.29, 0.717) is 17.9 Å². The van der Waals surface area contributed by atoms with E-state index in [1.54, 1.807) is 12.1 Å². The predicted octanol–water partition coefficient (Wildman–Crippen LogP) is 5.02. The van der Waals surface area contributed by atoms with Gasteiger partial charge in [-0.05, 0) is 55.2 Å². The van der Waals surface area contributed by atoms with Gasteiger partial charge in [-0.15, -0.1) is 11.3 Å². The van der Waals surface area contributed by atoms with Gasteiger partial charge in [0.05, 0.1) is 6.04 Å². The summed E-state index contributed by atoms with van der Waals surface area (Å²) in [6, 6.07) is 9.85. The van der Waals surface area contributed by atoms with Crippen molar-refractivity contribution in [3.05, 3.63) is 63.6 Å². The van der Waals surface area contributed by atoms with Gasteiger partial charge in [-0.3, -0.25) is 0 Å². The van der Waals surface area contributed by atoms with Gasteiger partial charge in [-0.25, -0.2) is 4.39 Å². The molecule has 0 bridgehead atoms. The number of rotatable bonds is 1. The standard InChI is InChI=1S/C17H16FNS/c1-10-5-8-16(20-10)17-13-4-2-3-12(13)14-9-11(18)6-7-15(14)19-17/h2-3,5-9,12-13,17,19H,4H2,1H3. The minimum absolute atomic E-state index is 0.144. The molecule has 3 atom stereocenters. The van der Waals surface area contributed by atoms with Crippen LogP contribution in [0.5, 0.6) is 0 Å². The molecule has 0 amide bonds. The summed E-state index contributed by atoms with van der Waals surface area (Å²) in [7, 11) is 0. The van der Waals surface area contributed by atoms with Gasteiger partial charge in [0.1, 0.15) is 5.82 Å². The molecule has 102 valence electrons. The average molecular weight is 285 g/mol. The molecule has 3 unspecified atom stereocenters. The molecule has 0 fully saturated rings. The molecule has 1 aliphatic carbocycles. The Labute approximate surface area is 122 Å². The lowest BCUT2D eigenvalue weighted by Gasteiger charge is -2.36. The first-order chi connectivity index (χ1) is 9.72. The molecule has 0 radical (unpaired) electrons. The van der Waals surface area contributed by atoms with Crippen molar-refractivity contribution >= 4 is 17.0 Å². The third-order valence-corrected chi connectivity index (χ3v) is 5.48. The molecule has 2 heterocycles. The lowest BCUT2D eigenvalue weighted by atomic mass is 9.79. The monoisotopic (exact) mass is 285 g/mol. The number of hydrogen-bond donors (Lipinski definition) is 1. The van der Waals surface area contributed by atoms with Crippen molar-refractivity contribution in [2.45, 2.75) is 25.3 Å². The molecular formula is C17H16FNS. The predicted molar refractivity (Wildman–Crippen MR) is 81.8 cm³/mol. The van der Waals surface area contributed by atoms with Crippen LogP contribution in [0.4, 0.5) is 10.1 Å². The minimum Gasteiger partial charge on any atom is -0.377 e. The van der Waals surface area contributed by atoms with E-state index in [-0.39, 0.29) is 5.82 Å². The summed E-state index contributed by atoms with van der Waals surface area (Å²) in [6.45, 7) is 2.14. The SMILES string of the molecule is Cc1ccc(C2Nc3ccc(F)cc3C3C=CCC32)s1. The third-order valence-electron chi connectivity index (χ3n) is 4.39. The zero-order chi connectivity index (χ0) is 13.7. The molecule has 1 aromatic heterocycles. The number of aryl methyl sites for hydroxylation is 1. The molecule has 20 heavy (non-hydrogen) atoms. The van der Waals surface area contributed by atoms with E-state index in [1.165, 1.54) is 9.75 Å². The van der Waals surface area contributed by atoms with Crippen molar-refractivity contribution in [3.8, 4) is 0 Å². The summed E-state index contributed by atoms with van der Waals surface area (Å²) in [5.41, 5.74) is 2.18. The van der Waals surface area contributed by atoms with E-state index in [4.69, 9.17) is 0 Å². The topological polar surface area (TPSA) is 12.0 Å². The van der Waals surface area contributed by atoms with Crippen LogP contribution in [0, 0.1) is 18.7 Å². The van der Waals surface area contributed by atoms with Crippen molar-refractivity contribution in [1.29, 1.82) is 0 Å². The van der Waals surface area contributed by atoms with Crippen molar-refractivity contribution < 1.29 is 4.39 Å². The maximum Gasteiger partial charge on any atom is 0.123 e. The fourth-order valence-corrected chi connectivity index (χ4v) is 4.47. The summed E-state index contributed by atoms with van der Waals surface area (Å²) < 4.78 is 13.5. The maximum atomic E-state index is 13.5. The normalized spacial score (nSPS) is 27.0. The first-order valence-corrected chi connectivity index (χ1v) is 7.83. The van der Waals surface area contributed by atoms with E-state index in [1.807, 2.05) is 17.4 Å². The Kier molecular flexibility index (Phi) is 2.71. The van der Waals surface area contributed by atoms with Crippen molar-refractivity contribution in [3.63, 3.8) is 0 Å². The van der Waals surface area contributed by atoms with E-state index in [2.05, 4.69) is 36.5 Å². The van der Waals surface area contributed by atoms with Crippen LogP contribution in [0.25, 0.3) is 0 Å². The number of halogens is 1. The summed E-state index contributed by atoms with van der Waals surface area (Å²) in [5.74, 6) is 0.701. The summed E-state index contributed by atoms with van der Waals surface area (Å²) in [4.78, 5) is 2.73. The van der Waals surface area contributed by atoms with Crippen LogP contribution in [-0.2, 0) is 0 Å². The largest absolute Gasteiger partial charge is 0.377 e.